The van der Waals surface area contributed by atoms with Crippen molar-refractivity contribution >= 4 is 56.0 Å². The monoisotopic (exact) mass is 646 g/mol. The summed E-state index contributed by atoms with van der Waals surface area (Å²) >= 11 is 1.79. The molecule has 10 heteroatoms. The molecule has 0 saturated carbocycles. The van der Waals surface area contributed by atoms with Gasteiger partial charge in [0.05, 0.1) is 10.9 Å². The van der Waals surface area contributed by atoms with E-state index in [1.54, 1.807) is 11.3 Å². The summed E-state index contributed by atoms with van der Waals surface area (Å²) in [4.78, 5) is 17.1. The van der Waals surface area contributed by atoms with Gasteiger partial charge in [0, 0.05) is 37.4 Å². The van der Waals surface area contributed by atoms with Gasteiger partial charge in [0.2, 0.25) is 0 Å². The summed E-state index contributed by atoms with van der Waals surface area (Å²) in [5.74, 6) is 0.0621. The molecule has 0 aliphatic heterocycles. The van der Waals surface area contributed by atoms with Gasteiger partial charge in [0.1, 0.15) is 0 Å². The Hall–Kier alpha value is -3.65. The number of rotatable bonds is 5. The quantitative estimate of drug-likeness (QED) is 0.0788. The number of halogens is 6. The SMILES string of the molecule is Cc1ccc([S+](c2ccc(C)cc2)c2ccc3sc4ccc(C(=O)c5ccccc5)cc4c3c2)cc1.F[P-](F)(F)(F)(F)F. The summed E-state index contributed by atoms with van der Waals surface area (Å²) in [6, 6.07) is 40.3. The maximum absolute atomic E-state index is 13.2. The molecule has 6 rings (SSSR count). The summed E-state index contributed by atoms with van der Waals surface area (Å²) in [5.41, 5.74) is 3.98. The average Bonchev–Trinajstić information content (AvgIpc) is 3.31. The Morgan fingerprint density at radius 2 is 1.00 bits per heavy atom. The molecule has 0 aliphatic rings. The van der Waals surface area contributed by atoms with Crippen molar-refractivity contribution in [3.8, 4) is 0 Å². The molecule has 43 heavy (non-hydrogen) atoms. The summed E-state index contributed by atoms with van der Waals surface area (Å²) in [6.07, 6.45) is 0. The van der Waals surface area contributed by atoms with Crippen molar-refractivity contribution in [1.29, 1.82) is 0 Å². The van der Waals surface area contributed by atoms with Gasteiger partial charge in [-0.3, -0.25) is 4.79 Å². The van der Waals surface area contributed by atoms with E-state index in [1.165, 1.54) is 40.6 Å². The van der Waals surface area contributed by atoms with Crippen molar-refractivity contribution < 1.29 is 30.0 Å². The molecule has 0 saturated heterocycles. The van der Waals surface area contributed by atoms with Crippen molar-refractivity contribution in [2.45, 2.75) is 28.5 Å². The molecule has 0 bridgehead atoms. The number of ketones is 1. The molecule has 0 aliphatic carbocycles. The number of hydrogen-bond acceptors (Lipinski definition) is 2. The first kappa shape index (κ1) is 30.8. The molecule has 5 aromatic carbocycles. The Labute approximate surface area is 251 Å². The van der Waals surface area contributed by atoms with Crippen LogP contribution in [0.1, 0.15) is 27.0 Å². The van der Waals surface area contributed by atoms with Gasteiger partial charge in [0.15, 0.2) is 20.5 Å². The van der Waals surface area contributed by atoms with E-state index in [9.17, 15) is 30.0 Å². The Balaban J connectivity index is 0.000000472. The Bertz CT molecular complexity index is 1880. The number of thiophene rings is 1. The summed E-state index contributed by atoms with van der Waals surface area (Å²) in [7, 11) is -10.9. The van der Waals surface area contributed by atoms with Gasteiger partial charge >= 0.3 is 33.0 Å². The van der Waals surface area contributed by atoms with Gasteiger partial charge in [-0.1, -0.05) is 65.7 Å². The molecule has 6 aromatic rings. The van der Waals surface area contributed by atoms with Gasteiger partial charge < -0.3 is 0 Å². The zero-order valence-electron chi connectivity index (χ0n) is 22.9. The van der Waals surface area contributed by atoms with Crippen LogP contribution < -0.4 is 0 Å². The third-order valence-corrected chi connectivity index (χ3v) is 9.85. The molecule has 1 nitrogen and oxygen atoms in total. The van der Waals surface area contributed by atoms with E-state index < -0.39 is 7.81 Å². The van der Waals surface area contributed by atoms with Crippen LogP contribution in [0.3, 0.4) is 0 Å². The zero-order chi connectivity index (χ0) is 31.1. The van der Waals surface area contributed by atoms with E-state index >= 15 is 0 Å². The number of carbonyl (C=O) groups is 1. The fraction of sp³-hybridized carbons (Fsp3) is 0.0606. The predicted molar refractivity (Wildman–Crippen MR) is 167 cm³/mol. The van der Waals surface area contributed by atoms with E-state index in [4.69, 9.17) is 0 Å². The number of carbonyl (C=O) groups excluding carboxylic acids is 1. The van der Waals surface area contributed by atoms with Gasteiger partial charge in [-0.25, -0.2) is 0 Å². The van der Waals surface area contributed by atoms with Crippen LogP contribution in [-0.2, 0) is 10.9 Å². The van der Waals surface area contributed by atoms with E-state index in [0.29, 0.717) is 0 Å². The van der Waals surface area contributed by atoms with Gasteiger partial charge in [-0.2, -0.15) is 0 Å². The van der Waals surface area contributed by atoms with E-state index in [-0.39, 0.29) is 16.7 Å². The van der Waals surface area contributed by atoms with E-state index in [2.05, 4.69) is 92.7 Å². The van der Waals surface area contributed by atoms with Crippen LogP contribution in [0.15, 0.2) is 130 Å². The van der Waals surface area contributed by atoms with Gasteiger partial charge in [-0.05, 0) is 68.4 Å². The predicted octanol–water partition coefficient (Wildman–Crippen LogP) is 12.4. The molecular formula is C33H25F6OPS2. The second kappa shape index (κ2) is 10.8. The molecule has 1 heterocycles. The molecule has 222 valence electrons. The summed E-state index contributed by atoms with van der Waals surface area (Å²) in [5, 5.41) is 2.36. The normalized spacial score (nSPS) is 13.3. The molecule has 0 spiro atoms. The van der Waals surface area contributed by atoms with Crippen molar-refractivity contribution in [3.05, 3.63) is 138 Å². The van der Waals surface area contributed by atoms with Crippen molar-refractivity contribution in [1.82, 2.24) is 0 Å². The molecule has 0 amide bonds. The molecule has 0 fully saturated rings. The van der Waals surface area contributed by atoms with Crippen LogP contribution >= 0.6 is 19.1 Å². The number of aryl methyl sites for hydroxylation is 2. The van der Waals surface area contributed by atoms with Crippen molar-refractivity contribution in [2.24, 2.45) is 0 Å². The topological polar surface area (TPSA) is 17.1 Å². The second-order valence-corrected chi connectivity index (χ2v) is 15.1. The standard InChI is InChI=1S/C33H25OS2.F6P/c1-22-8-13-26(14-9-22)36(27-15-10-23(2)11-16-27)28-17-19-32-30(21-28)29-20-25(12-18-31(29)35-32)33(34)24-6-4-3-5-7-24;1-7(2,3,4,5)6/h3-21H,1-2H3;/q+1;-1. The minimum absolute atomic E-state index is 0.0621. The van der Waals surface area contributed by atoms with Crippen LogP contribution in [0.4, 0.5) is 25.2 Å². The van der Waals surface area contributed by atoms with Crippen LogP contribution in [0.2, 0.25) is 0 Å². The van der Waals surface area contributed by atoms with Crippen LogP contribution in [0.25, 0.3) is 20.2 Å². The van der Waals surface area contributed by atoms with Gasteiger partial charge in [0.25, 0.3) is 0 Å². The van der Waals surface area contributed by atoms with Gasteiger partial charge in [-0.15, -0.1) is 11.3 Å². The fourth-order valence-corrected chi connectivity index (χ4v) is 7.68. The summed E-state index contributed by atoms with van der Waals surface area (Å²) in [6.45, 7) is 4.26. The third-order valence-electron chi connectivity index (χ3n) is 6.49. The summed E-state index contributed by atoms with van der Waals surface area (Å²) < 4.78 is 61.6. The Kier molecular flexibility index (Phi) is 7.74. The number of hydrogen-bond donors (Lipinski definition) is 0. The average molecular weight is 647 g/mol. The first-order chi connectivity index (χ1) is 20.0. The zero-order valence-corrected chi connectivity index (χ0v) is 25.4. The van der Waals surface area contributed by atoms with E-state index in [0.717, 1.165) is 16.5 Å². The molecule has 0 unspecified atom stereocenters. The third kappa shape index (κ3) is 8.25. The molecule has 0 atom stereocenters. The maximum atomic E-state index is 13.2. The molecule has 0 radical (unpaired) electrons. The van der Waals surface area contributed by atoms with Crippen LogP contribution in [-0.4, -0.2) is 5.78 Å². The van der Waals surface area contributed by atoms with Crippen LogP contribution in [0.5, 0.6) is 0 Å². The fourth-order valence-electron chi connectivity index (χ4n) is 4.54. The van der Waals surface area contributed by atoms with Crippen molar-refractivity contribution in [2.75, 3.05) is 0 Å². The molecular weight excluding hydrogens is 621 g/mol. The van der Waals surface area contributed by atoms with Crippen LogP contribution in [0, 0.1) is 13.8 Å². The number of benzene rings is 5. The second-order valence-electron chi connectivity index (χ2n) is 10.1. The first-order valence-corrected chi connectivity index (χ1v) is 17.1. The van der Waals surface area contributed by atoms with E-state index in [1.807, 2.05) is 36.4 Å². The Morgan fingerprint density at radius 1 is 0.558 bits per heavy atom. The minimum atomic E-state index is -10.7. The first-order valence-electron chi connectivity index (χ1n) is 13.0. The Morgan fingerprint density at radius 3 is 1.51 bits per heavy atom. The molecule has 1 aromatic heterocycles. The van der Waals surface area contributed by atoms with Crippen molar-refractivity contribution in [3.63, 3.8) is 0 Å². The molecule has 0 N–H and O–H groups in total. The number of fused-ring (bicyclic) bond motifs is 3.